The number of rotatable bonds is 6. The molecule has 0 bridgehead atoms. The van der Waals surface area contributed by atoms with Crippen molar-refractivity contribution in [1.82, 2.24) is 14.5 Å². The lowest BCUT2D eigenvalue weighted by Gasteiger charge is -2.32. The maximum atomic E-state index is 12.4. The standard InChI is InChI=1S/C17H22ClN3O3S/c18-15-3-1-14(2-4-15)7-12-25(23,24)21-10-8-20(9-11-21)13-17(22)19-16-5-6-16/h1-4,7,12,16H,5-6,8-11,13H2,(H,19,22)/b12-7+. The Morgan fingerprint density at radius 3 is 2.40 bits per heavy atom. The molecular formula is C17H22ClN3O3S. The Labute approximate surface area is 153 Å². The minimum atomic E-state index is -3.46. The van der Waals surface area contributed by atoms with Crippen LogP contribution in [-0.2, 0) is 14.8 Å². The van der Waals surface area contributed by atoms with E-state index >= 15 is 0 Å². The summed E-state index contributed by atoms with van der Waals surface area (Å²) < 4.78 is 26.3. The summed E-state index contributed by atoms with van der Waals surface area (Å²) in [6.07, 6.45) is 3.70. The fourth-order valence-corrected chi connectivity index (χ4v) is 3.97. The summed E-state index contributed by atoms with van der Waals surface area (Å²) in [5, 5.41) is 4.79. The van der Waals surface area contributed by atoms with E-state index in [9.17, 15) is 13.2 Å². The minimum absolute atomic E-state index is 0.0291. The number of sulfonamides is 1. The molecule has 1 saturated carbocycles. The molecule has 0 atom stereocenters. The van der Waals surface area contributed by atoms with Gasteiger partial charge in [-0.25, -0.2) is 8.42 Å². The summed E-state index contributed by atoms with van der Waals surface area (Å²) in [7, 11) is -3.46. The topological polar surface area (TPSA) is 69.7 Å². The van der Waals surface area contributed by atoms with Crippen molar-refractivity contribution in [1.29, 1.82) is 0 Å². The molecule has 0 aromatic heterocycles. The lowest BCUT2D eigenvalue weighted by molar-refractivity contribution is -0.122. The number of nitrogens with one attached hydrogen (secondary N) is 1. The van der Waals surface area contributed by atoms with Crippen molar-refractivity contribution in [2.45, 2.75) is 18.9 Å². The number of piperazine rings is 1. The Balaban J connectivity index is 1.50. The zero-order valence-corrected chi connectivity index (χ0v) is 15.5. The zero-order valence-electron chi connectivity index (χ0n) is 13.9. The van der Waals surface area contributed by atoms with E-state index in [-0.39, 0.29) is 5.91 Å². The average Bonchev–Trinajstić information content (AvgIpc) is 3.39. The van der Waals surface area contributed by atoms with E-state index in [4.69, 9.17) is 11.6 Å². The third kappa shape index (κ3) is 5.54. The minimum Gasteiger partial charge on any atom is -0.352 e. The van der Waals surface area contributed by atoms with Crippen molar-refractivity contribution < 1.29 is 13.2 Å². The van der Waals surface area contributed by atoms with Crippen LogP contribution in [0.4, 0.5) is 0 Å². The first-order valence-corrected chi connectivity index (χ1v) is 10.3. The van der Waals surface area contributed by atoms with Crippen molar-refractivity contribution in [3.8, 4) is 0 Å². The van der Waals surface area contributed by atoms with E-state index in [0.29, 0.717) is 43.8 Å². The number of carbonyl (C=O) groups is 1. The molecule has 25 heavy (non-hydrogen) atoms. The Morgan fingerprint density at radius 1 is 1.16 bits per heavy atom. The van der Waals surface area contributed by atoms with E-state index in [2.05, 4.69) is 5.32 Å². The van der Waals surface area contributed by atoms with Crippen LogP contribution >= 0.6 is 11.6 Å². The monoisotopic (exact) mass is 383 g/mol. The molecule has 8 heteroatoms. The van der Waals surface area contributed by atoms with Crippen LogP contribution in [-0.4, -0.2) is 62.3 Å². The smallest absolute Gasteiger partial charge is 0.236 e. The van der Waals surface area contributed by atoms with Gasteiger partial charge in [-0.1, -0.05) is 23.7 Å². The molecule has 0 spiro atoms. The molecule has 6 nitrogen and oxygen atoms in total. The number of nitrogens with zero attached hydrogens (tertiary/aromatic N) is 2. The number of carbonyl (C=O) groups excluding carboxylic acids is 1. The van der Waals surface area contributed by atoms with Crippen LogP contribution in [0.1, 0.15) is 18.4 Å². The molecule has 1 aliphatic carbocycles. The van der Waals surface area contributed by atoms with Crippen LogP contribution < -0.4 is 5.32 Å². The first-order valence-electron chi connectivity index (χ1n) is 8.38. The van der Waals surface area contributed by atoms with Crippen molar-refractivity contribution in [2.24, 2.45) is 0 Å². The quantitative estimate of drug-likeness (QED) is 0.808. The molecule has 0 unspecified atom stereocenters. The maximum absolute atomic E-state index is 12.4. The van der Waals surface area contributed by atoms with Gasteiger partial charge in [0.15, 0.2) is 0 Å². The SMILES string of the molecule is O=C(CN1CCN(S(=O)(=O)/C=C/c2ccc(Cl)cc2)CC1)NC1CC1. The molecule has 1 heterocycles. The fraction of sp³-hybridized carbons (Fsp3) is 0.471. The lowest BCUT2D eigenvalue weighted by Crippen LogP contribution is -2.50. The van der Waals surface area contributed by atoms with Crippen LogP contribution in [0.3, 0.4) is 0 Å². The molecule has 1 saturated heterocycles. The van der Waals surface area contributed by atoms with Crippen molar-refractivity contribution in [3.05, 3.63) is 40.3 Å². The first-order chi connectivity index (χ1) is 11.9. The predicted molar refractivity (Wildman–Crippen MR) is 98.6 cm³/mol. The van der Waals surface area contributed by atoms with Gasteiger partial charge < -0.3 is 5.32 Å². The summed E-state index contributed by atoms with van der Waals surface area (Å²) in [5.74, 6) is 0.0291. The Morgan fingerprint density at radius 2 is 1.80 bits per heavy atom. The lowest BCUT2D eigenvalue weighted by atomic mass is 10.2. The molecule has 1 aromatic carbocycles. The second-order valence-electron chi connectivity index (χ2n) is 6.42. The van der Waals surface area contributed by atoms with Gasteiger partial charge in [0.05, 0.1) is 6.54 Å². The Kier molecular flexibility index (Phi) is 5.78. The van der Waals surface area contributed by atoms with Crippen molar-refractivity contribution in [3.63, 3.8) is 0 Å². The Bertz CT molecular complexity index is 737. The summed E-state index contributed by atoms with van der Waals surface area (Å²) in [6.45, 7) is 2.25. The van der Waals surface area contributed by atoms with E-state index < -0.39 is 10.0 Å². The molecule has 1 aliphatic heterocycles. The highest BCUT2D eigenvalue weighted by Crippen LogP contribution is 2.18. The number of benzene rings is 1. The second-order valence-corrected chi connectivity index (χ2v) is 8.67. The second kappa shape index (κ2) is 7.86. The van der Waals surface area contributed by atoms with Crippen LogP contribution in [0.15, 0.2) is 29.7 Å². The van der Waals surface area contributed by atoms with Gasteiger partial charge in [0.1, 0.15) is 0 Å². The van der Waals surface area contributed by atoms with Crippen molar-refractivity contribution >= 4 is 33.6 Å². The molecule has 1 amide bonds. The third-order valence-corrected chi connectivity index (χ3v) is 6.12. The number of hydrogen-bond donors (Lipinski definition) is 1. The number of amides is 1. The molecule has 1 aromatic rings. The average molecular weight is 384 g/mol. The van der Waals surface area contributed by atoms with Gasteiger partial charge in [-0.15, -0.1) is 0 Å². The molecule has 3 rings (SSSR count). The van der Waals surface area contributed by atoms with Gasteiger partial charge >= 0.3 is 0 Å². The van der Waals surface area contributed by atoms with Gasteiger partial charge in [-0.2, -0.15) is 4.31 Å². The van der Waals surface area contributed by atoms with Crippen LogP contribution in [0.25, 0.3) is 6.08 Å². The highest BCUT2D eigenvalue weighted by atomic mass is 35.5. The molecule has 1 N–H and O–H groups in total. The number of halogens is 1. The zero-order chi connectivity index (χ0) is 17.9. The number of hydrogen-bond acceptors (Lipinski definition) is 4. The Hall–Kier alpha value is -1.41. The van der Waals surface area contributed by atoms with Gasteiger partial charge in [0.2, 0.25) is 15.9 Å². The third-order valence-electron chi connectivity index (χ3n) is 4.30. The van der Waals surface area contributed by atoms with Crippen LogP contribution in [0.5, 0.6) is 0 Å². The summed E-state index contributed by atoms with van der Waals surface area (Å²) in [4.78, 5) is 13.8. The normalized spacial score (nSPS) is 20.0. The van der Waals surface area contributed by atoms with E-state index in [1.807, 2.05) is 4.90 Å². The summed E-state index contributed by atoms with van der Waals surface area (Å²) in [6, 6.07) is 7.33. The first kappa shape index (κ1) is 18.4. The molecule has 2 fully saturated rings. The highest BCUT2D eigenvalue weighted by Gasteiger charge is 2.28. The van der Waals surface area contributed by atoms with Crippen LogP contribution in [0.2, 0.25) is 5.02 Å². The van der Waals surface area contributed by atoms with Gasteiger partial charge in [-0.05, 0) is 36.6 Å². The van der Waals surface area contributed by atoms with Gasteiger partial charge in [0.25, 0.3) is 0 Å². The largest absolute Gasteiger partial charge is 0.352 e. The summed E-state index contributed by atoms with van der Waals surface area (Å²) >= 11 is 5.82. The van der Waals surface area contributed by atoms with Crippen LogP contribution in [0, 0.1) is 0 Å². The molecule has 0 radical (unpaired) electrons. The van der Waals surface area contributed by atoms with Gasteiger partial charge in [0, 0.05) is 42.7 Å². The molecule has 136 valence electrons. The van der Waals surface area contributed by atoms with Gasteiger partial charge in [-0.3, -0.25) is 9.69 Å². The summed E-state index contributed by atoms with van der Waals surface area (Å²) in [5.41, 5.74) is 0.781. The maximum Gasteiger partial charge on any atom is 0.236 e. The van der Waals surface area contributed by atoms with E-state index in [1.165, 1.54) is 9.71 Å². The molecule has 2 aliphatic rings. The molecular weight excluding hydrogens is 362 g/mol. The fourth-order valence-electron chi connectivity index (χ4n) is 2.67. The van der Waals surface area contributed by atoms with E-state index in [1.54, 1.807) is 30.3 Å². The van der Waals surface area contributed by atoms with E-state index in [0.717, 1.165) is 18.4 Å². The van der Waals surface area contributed by atoms with Crippen molar-refractivity contribution in [2.75, 3.05) is 32.7 Å². The predicted octanol–water partition coefficient (Wildman–Crippen LogP) is 1.54. The highest BCUT2D eigenvalue weighted by molar-refractivity contribution is 7.92.